The van der Waals surface area contributed by atoms with Crippen molar-refractivity contribution >= 4 is 27.4 Å². The average molecular weight is 457 g/mol. The van der Waals surface area contributed by atoms with Crippen LogP contribution in [0.25, 0.3) is 0 Å². The van der Waals surface area contributed by atoms with Crippen molar-refractivity contribution in [2.45, 2.75) is 48.7 Å². The first kappa shape index (κ1) is 22.7. The maximum absolute atomic E-state index is 14.8. The number of carbonyl (C=O) groups is 1. The smallest absolute Gasteiger partial charge is 0.306 e. The molecule has 0 aromatic heterocycles. The van der Waals surface area contributed by atoms with E-state index >= 15 is 0 Å². The Bertz CT molecular complexity index is 1010. The Morgan fingerprint density at radius 3 is 2.37 bits per heavy atom. The van der Waals surface area contributed by atoms with Crippen molar-refractivity contribution < 1.29 is 26.7 Å². The molecule has 0 spiro atoms. The molecule has 0 aliphatic heterocycles. The minimum absolute atomic E-state index is 0.000552. The summed E-state index contributed by atoms with van der Waals surface area (Å²) in [5.74, 6) is -1.88. The maximum atomic E-state index is 14.8. The summed E-state index contributed by atoms with van der Waals surface area (Å²) in [4.78, 5) is 11.8. The number of hydrogen-bond acceptors (Lipinski definition) is 4. The van der Waals surface area contributed by atoms with E-state index in [9.17, 15) is 22.0 Å². The van der Waals surface area contributed by atoms with E-state index in [1.807, 2.05) is 0 Å². The van der Waals surface area contributed by atoms with Gasteiger partial charge in [-0.1, -0.05) is 11.6 Å². The van der Waals surface area contributed by atoms with Crippen molar-refractivity contribution in [1.29, 1.82) is 0 Å². The molecule has 1 aliphatic carbocycles. The van der Waals surface area contributed by atoms with Gasteiger partial charge in [-0.25, -0.2) is 17.2 Å². The lowest BCUT2D eigenvalue weighted by Crippen LogP contribution is -2.41. The first-order chi connectivity index (χ1) is 14.2. The number of benzene rings is 2. The summed E-state index contributed by atoms with van der Waals surface area (Å²) in [5.41, 5.74) is -0.174. The van der Waals surface area contributed by atoms with Crippen LogP contribution in [0.2, 0.25) is 5.02 Å². The molecular formula is C22H23ClF2O4S. The molecule has 2 aromatic carbocycles. The molecule has 0 unspecified atom stereocenters. The summed E-state index contributed by atoms with van der Waals surface area (Å²) in [6.45, 7) is 1.99. The van der Waals surface area contributed by atoms with Crippen LogP contribution < -0.4 is 0 Å². The highest BCUT2D eigenvalue weighted by Gasteiger charge is 2.50. The molecule has 0 amide bonds. The predicted octanol–water partition coefficient (Wildman–Crippen LogP) is 5.43. The molecule has 3 rings (SSSR count). The second kappa shape index (κ2) is 9.02. The Labute approximate surface area is 180 Å². The van der Waals surface area contributed by atoms with Crippen LogP contribution in [0.5, 0.6) is 0 Å². The second-order valence-corrected chi connectivity index (χ2v) is 10.2. The van der Waals surface area contributed by atoms with E-state index in [-0.39, 0.29) is 48.2 Å². The van der Waals surface area contributed by atoms with Crippen LogP contribution in [0.3, 0.4) is 0 Å². The molecule has 30 heavy (non-hydrogen) atoms. The van der Waals surface area contributed by atoms with Crippen LogP contribution in [0.1, 0.15) is 44.6 Å². The highest BCUT2D eigenvalue weighted by atomic mass is 35.5. The SMILES string of the molecule is CCOC(=O)CC1CCC(c2cc(F)ccc2F)(S(=O)(=O)c2ccc(Cl)cc2)CC1. The Morgan fingerprint density at radius 2 is 1.77 bits per heavy atom. The fourth-order valence-corrected chi connectivity index (χ4v) is 6.46. The van der Waals surface area contributed by atoms with Crippen LogP contribution in [-0.4, -0.2) is 21.0 Å². The standard InChI is InChI=1S/C22H23ClF2O4S/c1-2-29-21(26)13-15-9-11-22(12-10-15,19-14-17(24)5-8-20(19)25)30(27,28)18-6-3-16(23)4-7-18/h3-8,14-15H,2,9-13H2,1H3. The molecule has 0 heterocycles. The minimum atomic E-state index is -4.08. The molecule has 0 saturated heterocycles. The van der Waals surface area contributed by atoms with E-state index in [0.717, 1.165) is 18.2 Å². The molecule has 0 bridgehead atoms. The number of hydrogen-bond donors (Lipinski definition) is 0. The van der Waals surface area contributed by atoms with Gasteiger partial charge >= 0.3 is 5.97 Å². The van der Waals surface area contributed by atoms with Crippen LogP contribution in [0.4, 0.5) is 8.78 Å². The van der Waals surface area contributed by atoms with E-state index in [1.54, 1.807) is 6.92 Å². The number of sulfone groups is 1. The van der Waals surface area contributed by atoms with Gasteiger partial charge < -0.3 is 4.74 Å². The minimum Gasteiger partial charge on any atom is -0.466 e. The van der Waals surface area contributed by atoms with Gasteiger partial charge in [0.05, 0.1) is 11.5 Å². The van der Waals surface area contributed by atoms with Gasteiger partial charge in [0, 0.05) is 17.0 Å². The van der Waals surface area contributed by atoms with Crippen molar-refractivity contribution in [2.75, 3.05) is 6.61 Å². The van der Waals surface area contributed by atoms with Gasteiger partial charge in [-0.15, -0.1) is 0 Å². The topological polar surface area (TPSA) is 60.4 Å². The lowest BCUT2D eigenvalue weighted by Gasteiger charge is -2.40. The number of halogens is 3. The molecule has 8 heteroatoms. The third-order valence-electron chi connectivity index (χ3n) is 5.73. The Kier molecular flexibility index (Phi) is 6.82. The number of rotatable bonds is 6. The van der Waals surface area contributed by atoms with Crippen molar-refractivity contribution in [3.63, 3.8) is 0 Å². The van der Waals surface area contributed by atoms with Gasteiger partial charge in [0.1, 0.15) is 16.4 Å². The first-order valence-corrected chi connectivity index (χ1v) is 11.7. The van der Waals surface area contributed by atoms with E-state index in [2.05, 4.69) is 0 Å². The zero-order valence-electron chi connectivity index (χ0n) is 16.5. The van der Waals surface area contributed by atoms with Gasteiger partial charge in [0.2, 0.25) is 0 Å². The third-order valence-corrected chi connectivity index (χ3v) is 8.53. The fourth-order valence-electron chi connectivity index (χ4n) is 4.17. The van der Waals surface area contributed by atoms with Crippen molar-refractivity contribution in [2.24, 2.45) is 5.92 Å². The lowest BCUT2D eigenvalue weighted by atomic mass is 9.76. The lowest BCUT2D eigenvalue weighted by molar-refractivity contribution is -0.144. The molecule has 4 nitrogen and oxygen atoms in total. The Morgan fingerprint density at radius 1 is 1.13 bits per heavy atom. The van der Waals surface area contributed by atoms with Gasteiger partial charge in [-0.3, -0.25) is 4.79 Å². The van der Waals surface area contributed by atoms with Gasteiger partial charge in [0.25, 0.3) is 0 Å². The molecule has 2 aromatic rings. The van der Waals surface area contributed by atoms with Crippen LogP contribution in [-0.2, 0) is 24.1 Å². The van der Waals surface area contributed by atoms with E-state index < -0.39 is 26.2 Å². The van der Waals surface area contributed by atoms with Gasteiger partial charge in [-0.2, -0.15) is 0 Å². The largest absolute Gasteiger partial charge is 0.466 e. The molecule has 0 atom stereocenters. The summed E-state index contributed by atoms with van der Waals surface area (Å²) >= 11 is 5.89. The van der Waals surface area contributed by atoms with E-state index in [1.165, 1.54) is 24.3 Å². The Hall–Kier alpha value is -1.99. The quantitative estimate of drug-likeness (QED) is 0.544. The van der Waals surface area contributed by atoms with E-state index in [0.29, 0.717) is 17.9 Å². The summed E-state index contributed by atoms with van der Waals surface area (Å²) in [6, 6.07) is 8.55. The molecule has 1 fully saturated rings. The molecule has 1 aliphatic rings. The van der Waals surface area contributed by atoms with Crippen LogP contribution in [0, 0.1) is 17.6 Å². The van der Waals surface area contributed by atoms with Crippen molar-refractivity contribution in [3.05, 3.63) is 64.7 Å². The zero-order chi connectivity index (χ0) is 21.9. The molecule has 162 valence electrons. The summed E-state index contributed by atoms with van der Waals surface area (Å²) in [5, 5.41) is 0.373. The molecule has 0 radical (unpaired) electrons. The molecule has 1 saturated carbocycles. The monoisotopic (exact) mass is 456 g/mol. The Balaban J connectivity index is 2.02. The van der Waals surface area contributed by atoms with Crippen LogP contribution in [0.15, 0.2) is 47.4 Å². The van der Waals surface area contributed by atoms with Gasteiger partial charge in [0.15, 0.2) is 9.84 Å². The number of esters is 1. The van der Waals surface area contributed by atoms with Crippen LogP contribution >= 0.6 is 11.6 Å². The van der Waals surface area contributed by atoms with Crippen molar-refractivity contribution in [1.82, 2.24) is 0 Å². The number of ether oxygens (including phenoxy) is 1. The zero-order valence-corrected chi connectivity index (χ0v) is 18.1. The molecular weight excluding hydrogens is 434 g/mol. The molecule has 0 N–H and O–H groups in total. The highest BCUT2D eigenvalue weighted by Crippen LogP contribution is 2.49. The first-order valence-electron chi connectivity index (χ1n) is 9.81. The van der Waals surface area contributed by atoms with E-state index in [4.69, 9.17) is 16.3 Å². The fraction of sp³-hybridized carbons (Fsp3) is 0.409. The third kappa shape index (κ3) is 4.37. The highest BCUT2D eigenvalue weighted by molar-refractivity contribution is 7.92. The normalized spacial score (nSPS) is 21.9. The van der Waals surface area contributed by atoms with Crippen molar-refractivity contribution in [3.8, 4) is 0 Å². The maximum Gasteiger partial charge on any atom is 0.306 e. The second-order valence-electron chi connectivity index (χ2n) is 7.53. The summed E-state index contributed by atoms with van der Waals surface area (Å²) < 4.78 is 59.5. The average Bonchev–Trinajstić information content (AvgIpc) is 2.71. The summed E-state index contributed by atoms with van der Waals surface area (Å²) in [6.07, 6.45) is 1.07. The number of carbonyl (C=O) groups excluding carboxylic acids is 1. The van der Waals surface area contributed by atoms with Gasteiger partial charge in [-0.05, 0) is 81.0 Å². The summed E-state index contributed by atoms with van der Waals surface area (Å²) in [7, 11) is -4.08. The predicted molar refractivity (Wildman–Crippen MR) is 110 cm³/mol.